The summed E-state index contributed by atoms with van der Waals surface area (Å²) < 4.78 is 16.6. The molecule has 0 fully saturated rings. The Kier molecular flexibility index (Phi) is 9.06. The van der Waals surface area contributed by atoms with Crippen LogP contribution in [0, 0.1) is 11.3 Å². The standard InChI is InChI=1S/C16H32O4/c1-8-16(6,7)15(17)19-11-9-10-18-14(12(2)3)20-13(4)5/h12-14H,8-11H2,1-7H3. The zero-order valence-electron chi connectivity index (χ0n) is 14.2. The van der Waals surface area contributed by atoms with Crippen molar-refractivity contribution in [1.29, 1.82) is 0 Å². The predicted octanol–water partition coefficient (Wildman–Crippen LogP) is 3.78. The Balaban J connectivity index is 3.87. The van der Waals surface area contributed by atoms with Crippen molar-refractivity contribution in [3.05, 3.63) is 0 Å². The average Bonchev–Trinajstić information content (AvgIpc) is 2.35. The van der Waals surface area contributed by atoms with E-state index in [1.807, 2.05) is 34.6 Å². The zero-order chi connectivity index (χ0) is 15.8. The van der Waals surface area contributed by atoms with Gasteiger partial charge < -0.3 is 14.2 Å². The van der Waals surface area contributed by atoms with Crippen molar-refractivity contribution in [1.82, 2.24) is 0 Å². The minimum Gasteiger partial charge on any atom is -0.465 e. The Bertz CT molecular complexity index is 272. The summed E-state index contributed by atoms with van der Waals surface area (Å²) in [6.45, 7) is 14.8. The third-order valence-electron chi connectivity index (χ3n) is 3.19. The number of carbonyl (C=O) groups is 1. The number of esters is 1. The van der Waals surface area contributed by atoms with Gasteiger partial charge in [-0.2, -0.15) is 0 Å². The maximum absolute atomic E-state index is 11.8. The van der Waals surface area contributed by atoms with E-state index in [-0.39, 0.29) is 18.4 Å². The van der Waals surface area contributed by atoms with Gasteiger partial charge in [0.15, 0.2) is 6.29 Å². The number of hydrogen-bond acceptors (Lipinski definition) is 4. The Hall–Kier alpha value is -0.610. The summed E-state index contributed by atoms with van der Waals surface area (Å²) in [5.74, 6) is 0.165. The molecular formula is C16H32O4. The maximum atomic E-state index is 11.8. The normalized spacial score (nSPS) is 13.8. The largest absolute Gasteiger partial charge is 0.465 e. The lowest BCUT2D eigenvalue weighted by molar-refractivity contribution is -0.186. The SMILES string of the molecule is CCC(C)(C)C(=O)OCCCOC(OC(C)C)C(C)C. The molecule has 0 spiro atoms. The molecule has 0 amide bonds. The van der Waals surface area contributed by atoms with Crippen LogP contribution in [0.1, 0.15) is 61.3 Å². The van der Waals surface area contributed by atoms with E-state index in [2.05, 4.69) is 13.8 Å². The minimum absolute atomic E-state index is 0.140. The van der Waals surface area contributed by atoms with E-state index in [0.717, 1.165) is 6.42 Å². The summed E-state index contributed by atoms with van der Waals surface area (Å²) in [5.41, 5.74) is -0.401. The number of ether oxygens (including phenoxy) is 3. The molecule has 0 aliphatic rings. The molecule has 0 bridgehead atoms. The van der Waals surface area contributed by atoms with Crippen molar-refractivity contribution >= 4 is 5.97 Å². The first-order chi connectivity index (χ1) is 9.20. The molecule has 0 aromatic carbocycles. The van der Waals surface area contributed by atoms with Crippen LogP contribution in [0.2, 0.25) is 0 Å². The number of hydrogen-bond donors (Lipinski definition) is 0. The van der Waals surface area contributed by atoms with Gasteiger partial charge in [-0.3, -0.25) is 4.79 Å². The zero-order valence-corrected chi connectivity index (χ0v) is 14.2. The highest BCUT2D eigenvalue weighted by atomic mass is 16.7. The fraction of sp³-hybridized carbons (Fsp3) is 0.938. The van der Waals surface area contributed by atoms with Crippen molar-refractivity contribution < 1.29 is 19.0 Å². The first-order valence-electron chi connectivity index (χ1n) is 7.65. The van der Waals surface area contributed by atoms with Gasteiger partial charge in [0.05, 0.1) is 24.7 Å². The molecule has 0 N–H and O–H groups in total. The lowest BCUT2D eigenvalue weighted by atomic mass is 9.91. The third-order valence-corrected chi connectivity index (χ3v) is 3.19. The lowest BCUT2D eigenvalue weighted by Crippen LogP contribution is -2.28. The molecular weight excluding hydrogens is 256 g/mol. The third kappa shape index (κ3) is 7.85. The molecule has 4 heteroatoms. The summed E-state index contributed by atoms with van der Waals surface area (Å²) in [6.07, 6.45) is 1.42. The highest BCUT2D eigenvalue weighted by Gasteiger charge is 2.26. The van der Waals surface area contributed by atoms with Crippen LogP contribution in [-0.4, -0.2) is 31.6 Å². The van der Waals surface area contributed by atoms with Crippen molar-refractivity contribution in [3.63, 3.8) is 0 Å². The quantitative estimate of drug-likeness (QED) is 0.348. The van der Waals surface area contributed by atoms with Crippen LogP contribution >= 0.6 is 0 Å². The van der Waals surface area contributed by atoms with E-state index >= 15 is 0 Å². The van der Waals surface area contributed by atoms with Gasteiger partial charge in [0, 0.05) is 12.3 Å². The lowest BCUT2D eigenvalue weighted by Gasteiger charge is -2.24. The molecule has 0 heterocycles. The highest BCUT2D eigenvalue weighted by molar-refractivity contribution is 5.75. The van der Waals surface area contributed by atoms with Crippen LogP contribution < -0.4 is 0 Å². The van der Waals surface area contributed by atoms with Crippen LogP contribution in [0.25, 0.3) is 0 Å². The van der Waals surface area contributed by atoms with Gasteiger partial charge in [-0.15, -0.1) is 0 Å². The van der Waals surface area contributed by atoms with Crippen LogP contribution in [0.5, 0.6) is 0 Å². The Labute approximate surface area is 124 Å². The summed E-state index contributed by atoms with van der Waals surface area (Å²) in [4.78, 5) is 11.8. The molecule has 0 saturated carbocycles. The van der Waals surface area contributed by atoms with E-state index in [1.54, 1.807) is 0 Å². The average molecular weight is 288 g/mol. The number of rotatable bonds is 10. The second-order valence-corrected chi connectivity index (χ2v) is 6.39. The molecule has 0 rings (SSSR count). The molecule has 0 saturated heterocycles. The molecule has 1 atom stereocenters. The predicted molar refractivity (Wildman–Crippen MR) is 80.4 cm³/mol. The molecule has 1 unspecified atom stereocenters. The molecule has 0 aromatic rings. The van der Waals surface area contributed by atoms with Crippen molar-refractivity contribution in [2.24, 2.45) is 11.3 Å². The first kappa shape index (κ1) is 19.4. The van der Waals surface area contributed by atoms with Crippen molar-refractivity contribution in [3.8, 4) is 0 Å². The Morgan fingerprint density at radius 2 is 1.70 bits per heavy atom. The Morgan fingerprint density at radius 1 is 1.10 bits per heavy atom. The van der Waals surface area contributed by atoms with Gasteiger partial charge >= 0.3 is 5.97 Å². The second-order valence-electron chi connectivity index (χ2n) is 6.39. The van der Waals surface area contributed by atoms with Gasteiger partial charge in [0.25, 0.3) is 0 Å². The summed E-state index contributed by atoms with van der Waals surface area (Å²) in [5, 5.41) is 0. The van der Waals surface area contributed by atoms with Gasteiger partial charge in [-0.25, -0.2) is 0 Å². The van der Waals surface area contributed by atoms with E-state index in [0.29, 0.717) is 25.6 Å². The van der Waals surface area contributed by atoms with E-state index < -0.39 is 5.41 Å². The van der Waals surface area contributed by atoms with Crippen molar-refractivity contribution in [2.45, 2.75) is 73.7 Å². The first-order valence-corrected chi connectivity index (χ1v) is 7.65. The van der Waals surface area contributed by atoms with Crippen molar-refractivity contribution in [2.75, 3.05) is 13.2 Å². The highest BCUT2D eigenvalue weighted by Crippen LogP contribution is 2.21. The number of carbonyl (C=O) groups excluding carboxylic acids is 1. The fourth-order valence-corrected chi connectivity index (χ4v) is 1.42. The smallest absolute Gasteiger partial charge is 0.311 e. The summed E-state index contributed by atoms with van der Waals surface area (Å²) in [7, 11) is 0. The minimum atomic E-state index is -0.401. The molecule has 0 radical (unpaired) electrons. The van der Waals surface area contributed by atoms with Gasteiger partial charge in [0.1, 0.15) is 0 Å². The molecule has 0 aliphatic heterocycles. The van der Waals surface area contributed by atoms with E-state index in [4.69, 9.17) is 14.2 Å². The fourth-order valence-electron chi connectivity index (χ4n) is 1.42. The van der Waals surface area contributed by atoms with E-state index in [9.17, 15) is 4.79 Å². The van der Waals surface area contributed by atoms with Gasteiger partial charge in [-0.05, 0) is 34.1 Å². The van der Waals surface area contributed by atoms with Crippen LogP contribution in [0.3, 0.4) is 0 Å². The summed E-state index contributed by atoms with van der Waals surface area (Å²) >= 11 is 0. The van der Waals surface area contributed by atoms with Crippen LogP contribution in [-0.2, 0) is 19.0 Å². The molecule has 0 aliphatic carbocycles. The van der Waals surface area contributed by atoms with Crippen LogP contribution in [0.4, 0.5) is 0 Å². The molecule has 20 heavy (non-hydrogen) atoms. The monoisotopic (exact) mass is 288 g/mol. The second kappa shape index (κ2) is 9.35. The molecule has 0 aromatic heterocycles. The Morgan fingerprint density at radius 3 is 2.15 bits per heavy atom. The summed E-state index contributed by atoms with van der Waals surface area (Å²) in [6, 6.07) is 0. The topological polar surface area (TPSA) is 44.8 Å². The molecule has 4 nitrogen and oxygen atoms in total. The molecule has 120 valence electrons. The van der Waals surface area contributed by atoms with E-state index in [1.165, 1.54) is 0 Å². The van der Waals surface area contributed by atoms with Gasteiger partial charge in [-0.1, -0.05) is 20.8 Å². The van der Waals surface area contributed by atoms with Gasteiger partial charge in [0.2, 0.25) is 0 Å². The maximum Gasteiger partial charge on any atom is 0.311 e. The van der Waals surface area contributed by atoms with Crippen LogP contribution in [0.15, 0.2) is 0 Å².